The van der Waals surface area contributed by atoms with Crippen LogP contribution in [0.4, 0.5) is 0 Å². The van der Waals surface area contributed by atoms with E-state index in [2.05, 4.69) is 15.6 Å². The number of carbonyl (C=O) groups excluding carboxylic acids is 2. The van der Waals surface area contributed by atoms with Gasteiger partial charge in [-0.1, -0.05) is 20.8 Å². The molecule has 5 nitrogen and oxygen atoms in total. The highest BCUT2D eigenvalue weighted by atomic mass is 16.2. The average molecular weight is 249 g/mol. The van der Waals surface area contributed by atoms with Crippen molar-refractivity contribution in [3.8, 4) is 0 Å². The number of nitrogens with one attached hydrogen (secondary N) is 2. The minimum atomic E-state index is -0.408. The van der Waals surface area contributed by atoms with Crippen LogP contribution in [0.25, 0.3) is 0 Å². The molecular formula is C13H19N3O2. The Labute approximate surface area is 107 Å². The molecule has 0 radical (unpaired) electrons. The van der Waals surface area contributed by atoms with E-state index in [-0.39, 0.29) is 11.8 Å². The largest absolute Gasteiger partial charge is 0.354 e. The maximum Gasteiger partial charge on any atom is 0.251 e. The summed E-state index contributed by atoms with van der Waals surface area (Å²) in [5.74, 6) is -0.192. The van der Waals surface area contributed by atoms with Gasteiger partial charge in [0.1, 0.15) is 0 Å². The van der Waals surface area contributed by atoms with E-state index in [0.717, 1.165) is 0 Å². The third-order valence-electron chi connectivity index (χ3n) is 2.32. The van der Waals surface area contributed by atoms with Crippen LogP contribution in [-0.4, -0.2) is 29.9 Å². The van der Waals surface area contributed by atoms with Crippen molar-refractivity contribution in [1.82, 2.24) is 15.6 Å². The fourth-order valence-corrected chi connectivity index (χ4v) is 1.22. The number of pyridine rings is 1. The van der Waals surface area contributed by atoms with Crippen LogP contribution < -0.4 is 10.6 Å². The minimum absolute atomic E-state index is 0.0272. The summed E-state index contributed by atoms with van der Waals surface area (Å²) < 4.78 is 0. The molecule has 0 aliphatic rings. The topological polar surface area (TPSA) is 71.1 Å². The summed E-state index contributed by atoms with van der Waals surface area (Å²) in [6, 6.07) is 3.28. The molecule has 0 atom stereocenters. The van der Waals surface area contributed by atoms with Gasteiger partial charge >= 0.3 is 0 Å². The number of aromatic nitrogens is 1. The van der Waals surface area contributed by atoms with Crippen molar-refractivity contribution in [2.45, 2.75) is 20.8 Å². The summed E-state index contributed by atoms with van der Waals surface area (Å²) in [5, 5.41) is 5.49. The second-order valence-electron chi connectivity index (χ2n) is 5.00. The third kappa shape index (κ3) is 4.53. The SMILES string of the molecule is CC(C)(C)C(=O)NCCNC(=O)c1ccncc1. The molecule has 1 rings (SSSR count). The van der Waals surface area contributed by atoms with E-state index in [0.29, 0.717) is 18.7 Å². The van der Waals surface area contributed by atoms with Crippen LogP contribution in [0.2, 0.25) is 0 Å². The molecule has 2 amide bonds. The normalized spacial score (nSPS) is 10.8. The van der Waals surface area contributed by atoms with Crippen LogP contribution in [0.3, 0.4) is 0 Å². The first-order valence-corrected chi connectivity index (χ1v) is 5.88. The third-order valence-corrected chi connectivity index (χ3v) is 2.32. The average Bonchev–Trinajstić information content (AvgIpc) is 2.34. The molecule has 18 heavy (non-hydrogen) atoms. The van der Waals surface area contributed by atoms with Gasteiger partial charge in [-0.3, -0.25) is 14.6 Å². The van der Waals surface area contributed by atoms with Crippen LogP contribution >= 0.6 is 0 Å². The van der Waals surface area contributed by atoms with Crippen LogP contribution in [0, 0.1) is 5.41 Å². The number of hydrogen-bond acceptors (Lipinski definition) is 3. The summed E-state index contributed by atoms with van der Waals surface area (Å²) in [7, 11) is 0. The maximum atomic E-state index is 11.6. The Morgan fingerprint density at radius 2 is 1.67 bits per heavy atom. The summed E-state index contributed by atoms with van der Waals surface area (Å²) >= 11 is 0. The number of rotatable bonds is 4. The van der Waals surface area contributed by atoms with Crippen molar-refractivity contribution >= 4 is 11.8 Å². The predicted octanol–water partition coefficient (Wildman–Crippen LogP) is 0.974. The minimum Gasteiger partial charge on any atom is -0.354 e. The van der Waals surface area contributed by atoms with Gasteiger partial charge in [-0.05, 0) is 12.1 Å². The first kappa shape index (κ1) is 14.2. The van der Waals surface area contributed by atoms with Gasteiger partial charge < -0.3 is 10.6 Å². The quantitative estimate of drug-likeness (QED) is 0.781. The lowest BCUT2D eigenvalue weighted by molar-refractivity contribution is -0.128. The lowest BCUT2D eigenvalue weighted by Crippen LogP contribution is -2.39. The van der Waals surface area contributed by atoms with E-state index in [1.165, 1.54) is 0 Å². The molecule has 0 spiro atoms. The Bertz CT molecular complexity index is 410. The summed E-state index contributed by atoms with van der Waals surface area (Å²) in [6.07, 6.45) is 3.13. The molecule has 0 fully saturated rings. The van der Waals surface area contributed by atoms with Crippen molar-refractivity contribution in [2.75, 3.05) is 13.1 Å². The molecule has 5 heteroatoms. The second-order valence-corrected chi connectivity index (χ2v) is 5.00. The van der Waals surface area contributed by atoms with Crippen LogP contribution in [-0.2, 0) is 4.79 Å². The highest BCUT2D eigenvalue weighted by Gasteiger charge is 2.20. The fraction of sp³-hybridized carbons (Fsp3) is 0.462. The lowest BCUT2D eigenvalue weighted by atomic mass is 9.96. The molecule has 1 aromatic rings. The van der Waals surface area contributed by atoms with Gasteiger partial charge in [0.05, 0.1) is 0 Å². The van der Waals surface area contributed by atoms with E-state index < -0.39 is 5.41 Å². The van der Waals surface area contributed by atoms with Crippen molar-refractivity contribution in [1.29, 1.82) is 0 Å². The van der Waals surface area contributed by atoms with Gasteiger partial charge in [-0.2, -0.15) is 0 Å². The van der Waals surface area contributed by atoms with E-state index >= 15 is 0 Å². The number of hydrogen-bond donors (Lipinski definition) is 2. The number of nitrogens with zero attached hydrogens (tertiary/aromatic N) is 1. The second kappa shape index (κ2) is 6.14. The fourth-order valence-electron chi connectivity index (χ4n) is 1.22. The summed E-state index contributed by atoms with van der Waals surface area (Å²) in [4.78, 5) is 27.0. The molecule has 0 aromatic carbocycles. The molecule has 1 aromatic heterocycles. The van der Waals surface area contributed by atoms with Crippen molar-refractivity contribution in [3.63, 3.8) is 0 Å². The molecule has 98 valence electrons. The monoisotopic (exact) mass is 249 g/mol. The van der Waals surface area contributed by atoms with Crippen molar-refractivity contribution in [3.05, 3.63) is 30.1 Å². The molecule has 0 bridgehead atoms. The predicted molar refractivity (Wildman–Crippen MR) is 69.0 cm³/mol. The summed E-state index contributed by atoms with van der Waals surface area (Å²) in [5.41, 5.74) is 0.155. The Balaban J connectivity index is 2.27. The standard InChI is InChI=1S/C13H19N3O2/c1-13(2,3)12(18)16-9-8-15-11(17)10-4-6-14-7-5-10/h4-7H,8-9H2,1-3H3,(H,15,17)(H,16,18). The lowest BCUT2D eigenvalue weighted by Gasteiger charge is -2.17. The number of carbonyl (C=O) groups is 2. The van der Waals surface area contributed by atoms with Gasteiger partial charge in [0.2, 0.25) is 5.91 Å². The van der Waals surface area contributed by atoms with E-state index in [1.807, 2.05) is 20.8 Å². The van der Waals surface area contributed by atoms with Crippen LogP contribution in [0.1, 0.15) is 31.1 Å². The van der Waals surface area contributed by atoms with E-state index in [9.17, 15) is 9.59 Å². The van der Waals surface area contributed by atoms with E-state index in [4.69, 9.17) is 0 Å². The molecule has 0 aliphatic carbocycles. The zero-order valence-electron chi connectivity index (χ0n) is 11.0. The summed E-state index contributed by atoms with van der Waals surface area (Å²) in [6.45, 7) is 6.36. The van der Waals surface area contributed by atoms with Crippen LogP contribution in [0.5, 0.6) is 0 Å². The van der Waals surface area contributed by atoms with Gasteiger partial charge in [0.25, 0.3) is 5.91 Å². The molecule has 0 aliphatic heterocycles. The smallest absolute Gasteiger partial charge is 0.251 e. The van der Waals surface area contributed by atoms with E-state index in [1.54, 1.807) is 24.5 Å². The van der Waals surface area contributed by atoms with Crippen molar-refractivity contribution in [2.24, 2.45) is 5.41 Å². The Kier molecular flexibility index (Phi) is 4.83. The van der Waals surface area contributed by atoms with Crippen LogP contribution in [0.15, 0.2) is 24.5 Å². The maximum absolute atomic E-state index is 11.6. The molecule has 2 N–H and O–H groups in total. The zero-order chi connectivity index (χ0) is 13.6. The van der Waals surface area contributed by atoms with Gasteiger partial charge in [-0.15, -0.1) is 0 Å². The Morgan fingerprint density at radius 1 is 1.11 bits per heavy atom. The molecule has 0 saturated carbocycles. The van der Waals surface area contributed by atoms with Gasteiger partial charge in [0, 0.05) is 36.5 Å². The van der Waals surface area contributed by atoms with Gasteiger partial charge in [-0.25, -0.2) is 0 Å². The molecule has 0 unspecified atom stereocenters. The Morgan fingerprint density at radius 3 is 2.22 bits per heavy atom. The van der Waals surface area contributed by atoms with Gasteiger partial charge in [0.15, 0.2) is 0 Å². The first-order chi connectivity index (χ1) is 8.41. The highest BCUT2D eigenvalue weighted by molar-refractivity contribution is 5.94. The first-order valence-electron chi connectivity index (χ1n) is 5.88. The molecular weight excluding hydrogens is 230 g/mol. The molecule has 1 heterocycles. The zero-order valence-corrected chi connectivity index (χ0v) is 11.0. The highest BCUT2D eigenvalue weighted by Crippen LogP contribution is 2.11. The van der Waals surface area contributed by atoms with Crippen molar-refractivity contribution < 1.29 is 9.59 Å². The molecule has 0 saturated heterocycles. The Hall–Kier alpha value is -1.91. The number of amides is 2.